The minimum absolute atomic E-state index is 0.196. The summed E-state index contributed by atoms with van der Waals surface area (Å²) in [7, 11) is 0. The molecule has 1 heterocycles. The zero-order valence-corrected chi connectivity index (χ0v) is 13.2. The van der Waals surface area contributed by atoms with Crippen molar-refractivity contribution in [3.63, 3.8) is 0 Å². The number of carbonyl (C=O) groups is 1. The van der Waals surface area contributed by atoms with E-state index in [2.05, 4.69) is 0 Å². The fourth-order valence-electron chi connectivity index (χ4n) is 4.20. The molecular formula is C17H30N2O2. The van der Waals surface area contributed by atoms with Crippen LogP contribution in [0.3, 0.4) is 0 Å². The monoisotopic (exact) mass is 294 g/mol. The molecule has 2 saturated carbocycles. The van der Waals surface area contributed by atoms with Crippen molar-refractivity contribution in [1.82, 2.24) is 4.90 Å². The molecule has 1 saturated heterocycles. The summed E-state index contributed by atoms with van der Waals surface area (Å²) in [4.78, 5) is 14.7. The van der Waals surface area contributed by atoms with Gasteiger partial charge in [-0.2, -0.15) is 0 Å². The molecule has 21 heavy (non-hydrogen) atoms. The molecule has 2 N–H and O–H groups in total. The van der Waals surface area contributed by atoms with E-state index >= 15 is 0 Å². The fraction of sp³-hybridized carbons (Fsp3) is 0.941. The quantitative estimate of drug-likeness (QED) is 0.870. The molecule has 2 aliphatic carbocycles. The summed E-state index contributed by atoms with van der Waals surface area (Å²) >= 11 is 0. The number of nitrogens with two attached hydrogens (primary N) is 1. The highest BCUT2D eigenvalue weighted by Crippen LogP contribution is 2.30. The van der Waals surface area contributed by atoms with E-state index in [9.17, 15) is 4.79 Å². The third-order valence-corrected chi connectivity index (χ3v) is 5.59. The van der Waals surface area contributed by atoms with Crippen LogP contribution >= 0.6 is 0 Å². The van der Waals surface area contributed by atoms with E-state index in [4.69, 9.17) is 10.5 Å². The Morgan fingerprint density at radius 3 is 2.10 bits per heavy atom. The lowest BCUT2D eigenvalue weighted by atomic mass is 9.81. The van der Waals surface area contributed by atoms with Gasteiger partial charge in [0.15, 0.2) is 0 Å². The molecule has 0 aromatic carbocycles. The molecule has 3 rings (SSSR count). The highest BCUT2D eigenvalue weighted by molar-refractivity contribution is 5.86. The Kier molecular flexibility index (Phi) is 4.85. The standard InChI is InChI=1S/C17H30N2O2/c18-17(10-4-1-5-11-17)16(20)19-12-8-15(9-13-19)21-14-6-2-3-7-14/h14-15H,1-13,18H2. The molecule has 1 aliphatic heterocycles. The highest BCUT2D eigenvalue weighted by atomic mass is 16.5. The molecule has 4 heteroatoms. The number of hydrogen-bond acceptors (Lipinski definition) is 3. The molecule has 4 nitrogen and oxygen atoms in total. The van der Waals surface area contributed by atoms with Crippen molar-refractivity contribution in [2.24, 2.45) is 5.73 Å². The van der Waals surface area contributed by atoms with Crippen LogP contribution in [0, 0.1) is 0 Å². The Balaban J connectivity index is 1.47. The van der Waals surface area contributed by atoms with Crippen LogP contribution in [-0.4, -0.2) is 41.6 Å². The van der Waals surface area contributed by atoms with Gasteiger partial charge in [0.25, 0.3) is 0 Å². The maximum Gasteiger partial charge on any atom is 0.242 e. The van der Waals surface area contributed by atoms with Crippen LogP contribution in [-0.2, 0) is 9.53 Å². The summed E-state index contributed by atoms with van der Waals surface area (Å²) in [5.41, 5.74) is 5.81. The highest BCUT2D eigenvalue weighted by Gasteiger charge is 2.39. The first-order valence-corrected chi connectivity index (χ1v) is 8.91. The van der Waals surface area contributed by atoms with Gasteiger partial charge in [-0.3, -0.25) is 4.79 Å². The number of nitrogens with zero attached hydrogens (tertiary/aromatic N) is 1. The van der Waals surface area contributed by atoms with Crippen molar-refractivity contribution in [3.8, 4) is 0 Å². The molecule has 3 aliphatic rings. The average molecular weight is 294 g/mol. The predicted molar refractivity (Wildman–Crippen MR) is 82.9 cm³/mol. The summed E-state index contributed by atoms with van der Waals surface area (Å²) in [5, 5.41) is 0. The molecule has 0 aromatic heterocycles. The lowest BCUT2D eigenvalue weighted by Gasteiger charge is -2.40. The van der Waals surface area contributed by atoms with Crippen molar-refractivity contribution in [3.05, 3.63) is 0 Å². The molecule has 0 atom stereocenters. The van der Waals surface area contributed by atoms with Crippen molar-refractivity contribution in [2.75, 3.05) is 13.1 Å². The van der Waals surface area contributed by atoms with Gasteiger partial charge in [0, 0.05) is 13.1 Å². The maximum atomic E-state index is 12.7. The third kappa shape index (κ3) is 3.59. The smallest absolute Gasteiger partial charge is 0.242 e. The second-order valence-electron chi connectivity index (χ2n) is 7.25. The largest absolute Gasteiger partial charge is 0.375 e. The normalized spacial score (nSPS) is 28.0. The predicted octanol–water partition coefficient (Wildman–Crippen LogP) is 2.60. The van der Waals surface area contributed by atoms with Gasteiger partial charge in [-0.05, 0) is 38.5 Å². The van der Waals surface area contributed by atoms with Crippen LogP contribution in [0.25, 0.3) is 0 Å². The van der Waals surface area contributed by atoms with Crippen LogP contribution in [0.4, 0.5) is 0 Å². The van der Waals surface area contributed by atoms with Gasteiger partial charge in [-0.25, -0.2) is 0 Å². The molecular weight excluding hydrogens is 264 g/mol. The number of amides is 1. The van der Waals surface area contributed by atoms with Crippen LogP contribution < -0.4 is 5.73 Å². The van der Waals surface area contributed by atoms with Gasteiger partial charge in [-0.1, -0.05) is 32.1 Å². The van der Waals surface area contributed by atoms with Gasteiger partial charge >= 0.3 is 0 Å². The average Bonchev–Trinajstić information content (AvgIpc) is 3.01. The summed E-state index contributed by atoms with van der Waals surface area (Å²) in [6.45, 7) is 1.66. The molecule has 0 aromatic rings. The van der Waals surface area contributed by atoms with Crippen LogP contribution in [0.15, 0.2) is 0 Å². The van der Waals surface area contributed by atoms with E-state index in [1.54, 1.807) is 0 Å². The van der Waals surface area contributed by atoms with Gasteiger partial charge < -0.3 is 15.4 Å². The molecule has 120 valence electrons. The second kappa shape index (κ2) is 6.66. The number of piperidine rings is 1. The first-order chi connectivity index (χ1) is 10.2. The summed E-state index contributed by atoms with van der Waals surface area (Å²) < 4.78 is 6.18. The van der Waals surface area contributed by atoms with E-state index in [0.717, 1.165) is 51.6 Å². The minimum Gasteiger partial charge on any atom is -0.375 e. The van der Waals surface area contributed by atoms with Crippen molar-refractivity contribution >= 4 is 5.91 Å². The van der Waals surface area contributed by atoms with E-state index < -0.39 is 5.54 Å². The topological polar surface area (TPSA) is 55.6 Å². The third-order valence-electron chi connectivity index (χ3n) is 5.59. The Morgan fingerprint density at radius 1 is 0.905 bits per heavy atom. The number of likely N-dealkylation sites (tertiary alicyclic amines) is 1. The van der Waals surface area contributed by atoms with Gasteiger partial charge in [0.2, 0.25) is 5.91 Å². The van der Waals surface area contributed by atoms with Gasteiger partial charge in [0.1, 0.15) is 0 Å². The molecule has 0 unspecified atom stereocenters. The Labute approximate surface area is 128 Å². The van der Waals surface area contributed by atoms with Crippen LogP contribution in [0.5, 0.6) is 0 Å². The first kappa shape index (κ1) is 15.3. The van der Waals surface area contributed by atoms with Gasteiger partial charge in [-0.15, -0.1) is 0 Å². The molecule has 0 bridgehead atoms. The van der Waals surface area contributed by atoms with Crippen molar-refractivity contribution in [2.45, 2.75) is 88.4 Å². The van der Waals surface area contributed by atoms with E-state index in [1.807, 2.05) is 4.90 Å². The summed E-state index contributed by atoms with van der Waals surface area (Å²) in [6.07, 6.45) is 13.1. The zero-order chi connectivity index (χ0) is 14.7. The molecule has 1 amide bonds. The van der Waals surface area contributed by atoms with Crippen LogP contribution in [0.1, 0.15) is 70.6 Å². The first-order valence-electron chi connectivity index (χ1n) is 8.91. The summed E-state index contributed by atoms with van der Waals surface area (Å²) in [6, 6.07) is 0. The number of ether oxygens (including phenoxy) is 1. The second-order valence-corrected chi connectivity index (χ2v) is 7.25. The molecule has 0 radical (unpaired) electrons. The SMILES string of the molecule is NC1(C(=O)N2CCC(OC3CCCC3)CC2)CCCCC1. The van der Waals surface area contributed by atoms with Crippen LogP contribution in [0.2, 0.25) is 0 Å². The number of hydrogen-bond donors (Lipinski definition) is 1. The maximum absolute atomic E-state index is 12.7. The number of carbonyl (C=O) groups excluding carboxylic acids is 1. The minimum atomic E-state index is -0.572. The van der Waals surface area contributed by atoms with E-state index in [0.29, 0.717) is 12.2 Å². The number of rotatable bonds is 3. The molecule has 0 spiro atoms. The fourth-order valence-corrected chi connectivity index (χ4v) is 4.20. The lowest BCUT2D eigenvalue weighted by molar-refractivity contribution is -0.141. The van der Waals surface area contributed by atoms with E-state index in [1.165, 1.54) is 32.1 Å². The summed E-state index contributed by atoms with van der Waals surface area (Å²) in [5.74, 6) is 0.196. The zero-order valence-electron chi connectivity index (χ0n) is 13.2. The van der Waals surface area contributed by atoms with Crippen molar-refractivity contribution in [1.29, 1.82) is 0 Å². The van der Waals surface area contributed by atoms with Gasteiger partial charge in [0.05, 0.1) is 17.7 Å². The Hall–Kier alpha value is -0.610. The lowest BCUT2D eigenvalue weighted by Crippen LogP contribution is -2.58. The molecule has 3 fully saturated rings. The Bertz CT molecular complexity index is 352. The Morgan fingerprint density at radius 2 is 1.48 bits per heavy atom. The van der Waals surface area contributed by atoms with Crippen molar-refractivity contribution < 1.29 is 9.53 Å². The van der Waals surface area contributed by atoms with E-state index in [-0.39, 0.29) is 5.91 Å².